The summed E-state index contributed by atoms with van der Waals surface area (Å²) in [6.07, 6.45) is 0.583. The molecule has 1 aliphatic rings. The van der Waals surface area contributed by atoms with E-state index in [9.17, 15) is 15.2 Å². The van der Waals surface area contributed by atoms with Gasteiger partial charge in [0.2, 0.25) is 0 Å². The van der Waals surface area contributed by atoms with Gasteiger partial charge in [0.25, 0.3) is 5.69 Å². The molecule has 19 heavy (non-hydrogen) atoms. The van der Waals surface area contributed by atoms with Crippen molar-refractivity contribution in [1.82, 2.24) is 4.90 Å². The zero-order chi connectivity index (χ0) is 14.0. The van der Waals surface area contributed by atoms with Gasteiger partial charge in [0.1, 0.15) is 0 Å². The fourth-order valence-electron chi connectivity index (χ4n) is 2.29. The molecule has 0 spiro atoms. The third-order valence-corrected chi connectivity index (χ3v) is 4.01. The third kappa shape index (κ3) is 3.43. The number of halogens is 1. The van der Waals surface area contributed by atoms with Gasteiger partial charge in [-0.2, -0.15) is 0 Å². The van der Waals surface area contributed by atoms with Crippen molar-refractivity contribution in [2.45, 2.75) is 26.0 Å². The predicted molar refractivity (Wildman–Crippen MR) is 73.2 cm³/mol. The molecule has 0 bridgehead atoms. The molecule has 2 unspecified atom stereocenters. The van der Waals surface area contributed by atoms with E-state index in [-0.39, 0.29) is 11.8 Å². The molecule has 1 aliphatic heterocycles. The van der Waals surface area contributed by atoms with Crippen molar-refractivity contribution in [3.63, 3.8) is 0 Å². The summed E-state index contributed by atoms with van der Waals surface area (Å²) in [4.78, 5) is 12.4. The largest absolute Gasteiger partial charge is 0.392 e. The number of hydrogen-bond donors (Lipinski definition) is 1. The molecule has 5 nitrogen and oxygen atoms in total. The summed E-state index contributed by atoms with van der Waals surface area (Å²) in [5, 5.41) is 21.1. The summed E-state index contributed by atoms with van der Waals surface area (Å²) in [6.45, 7) is 4.02. The second-order valence-corrected chi connectivity index (χ2v) is 5.51. The van der Waals surface area contributed by atoms with Crippen LogP contribution in [0.2, 0.25) is 5.02 Å². The van der Waals surface area contributed by atoms with E-state index in [0.717, 1.165) is 18.5 Å². The normalized spacial score (nSPS) is 24.4. The Hall–Kier alpha value is -1.17. The van der Waals surface area contributed by atoms with Gasteiger partial charge in [-0.25, -0.2) is 0 Å². The second-order valence-electron chi connectivity index (χ2n) is 5.10. The van der Waals surface area contributed by atoms with E-state index in [0.29, 0.717) is 24.0 Å². The van der Waals surface area contributed by atoms with Gasteiger partial charge in [-0.1, -0.05) is 18.5 Å². The summed E-state index contributed by atoms with van der Waals surface area (Å²) in [5.74, 6) is 0.303. The smallest absolute Gasteiger partial charge is 0.269 e. The van der Waals surface area contributed by atoms with Crippen LogP contribution in [0.4, 0.5) is 5.69 Å². The number of nitro benzene ring substituents is 1. The van der Waals surface area contributed by atoms with Gasteiger partial charge in [0.05, 0.1) is 11.0 Å². The molecular formula is C13H17ClN2O3. The minimum absolute atomic E-state index is 0.0466. The monoisotopic (exact) mass is 284 g/mol. The molecule has 0 aliphatic carbocycles. The van der Waals surface area contributed by atoms with Crippen LogP contribution in [-0.2, 0) is 6.54 Å². The Morgan fingerprint density at radius 2 is 2.32 bits per heavy atom. The first kappa shape index (κ1) is 14.2. The Labute approximate surface area is 116 Å². The van der Waals surface area contributed by atoms with Crippen LogP contribution in [0.3, 0.4) is 0 Å². The number of aliphatic hydroxyl groups excluding tert-OH is 1. The fraction of sp³-hybridized carbons (Fsp3) is 0.538. The van der Waals surface area contributed by atoms with Gasteiger partial charge < -0.3 is 5.11 Å². The van der Waals surface area contributed by atoms with E-state index in [1.807, 2.05) is 6.92 Å². The van der Waals surface area contributed by atoms with Crippen LogP contribution >= 0.6 is 11.6 Å². The van der Waals surface area contributed by atoms with Crippen molar-refractivity contribution in [1.29, 1.82) is 0 Å². The Morgan fingerprint density at radius 3 is 2.95 bits per heavy atom. The Kier molecular flexibility index (Phi) is 4.39. The van der Waals surface area contributed by atoms with Crippen LogP contribution in [0.25, 0.3) is 0 Å². The molecule has 1 aromatic rings. The SMILES string of the molecule is CC1CCN(Cc2cc([N+](=O)[O-])ccc2Cl)CC1O. The van der Waals surface area contributed by atoms with Crippen molar-refractivity contribution < 1.29 is 10.0 Å². The van der Waals surface area contributed by atoms with Crippen LogP contribution in [0.5, 0.6) is 0 Å². The van der Waals surface area contributed by atoms with Crippen LogP contribution < -0.4 is 0 Å². The predicted octanol–water partition coefficient (Wildman–Crippen LogP) is 2.45. The van der Waals surface area contributed by atoms with Crippen LogP contribution in [-0.4, -0.2) is 34.1 Å². The molecule has 104 valence electrons. The summed E-state index contributed by atoms with van der Waals surface area (Å²) in [6, 6.07) is 4.46. The lowest BCUT2D eigenvalue weighted by molar-refractivity contribution is -0.384. The number of rotatable bonds is 3. The van der Waals surface area contributed by atoms with E-state index in [1.165, 1.54) is 12.1 Å². The van der Waals surface area contributed by atoms with Gasteiger partial charge >= 0.3 is 0 Å². The lowest BCUT2D eigenvalue weighted by atomic mass is 9.96. The number of likely N-dealkylation sites (tertiary alicyclic amines) is 1. The number of β-amino-alcohol motifs (C(OH)–C–C–N with tert-alkyl or cyclic N) is 1. The molecule has 0 saturated carbocycles. The first-order chi connectivity index (χ1) is 8.97. The Morgan fingerprint density at radius 1 is 1.58 bits per heavy atom. The highest BCUT2D eigenvalue weighted by Crippen LogP contribution is 2.25. The van der Waals surface area contributed by atoms with E-state index in [1.54, 1.807) is 6.07 Å². The fourth-order valence-corrected chi connectivity index (χ4v) is 2.47. The van der Waals surface area contributed by atoms with Gasteiger partial charge in [-0.3, -0.25) is 15.0 Å². The van der Waals surface area contributed by atoms with Crippen molar-refractivity contribution in [2.24, 2.45) is 5.92 Å². The lowest BCUT2D eigenvalue weighted by Crippen LogP contribution is -2.42. The Bertz CT molecular complexity index is 481. The maximum atomic E-state index is 10.8. The summed E-state index contributed by atoms with van der Waals surface area (Å²) in [7, 11) is 0. The average molecular weight is 285 g/mol. The number of benzene rings is 1. The first-order valence-corrected chi connectivity index (χ1v) is 6.68. The van der Waals surface area contributed by atoms with E-state index in [4.69, 9.17) is 11.6 Å². The highest BCUT2D eigenvalue weighted by Gasteiger charge is 2.24. The van der Waals surface area contributed by atoms with Crippen LogP contribution in [0.1, 0.15) is 18.9 Å². The summed E-state index contributed by atoms with van der Waals surface area (Å²) >= 11 is 6.07. The lowest BCUT2D eigenvalue weighted by Gasteiger charge is -2.34. The summed E-state index contributed by atoms with van der Waals surface area (Å²) in [5.41, 5.74) is 0.781. The average Bonchev–Trinajstić information content (AvgIpc) is 2.36. The number of hydrogen-bond acceptors (Lipinski definition) is 4. The Balaban J connectivity index is 2.10. The maximum Gasteiger partial charge on any atom is 0.269 e. The molecule has 0 radical (unpaired) electrons. The number of nitrogens with zero attached hydrogens (tertiary/aromatic N) is 2. The molecule has 2 rings (SSSR count). The first-order valence-electron chi connectivity index (χ1n) is 6.30. The highest BCUT2D eigenvalue weighted by atomic mass is 35.5. The minimum Gasteiger partial charge on any atom is -0.392 e. The van der Waals surface area contributed by atoms with Gasteiger partial charge in [-0.05, 0) is 30.5 Å². The minimum atomic E-state index is -0.424. The van der Waals surface area contributed by atoms with E-state index >= 15 is 0 Å². The zero-order valence-corrected chi connectivity index (χ0v) is 11.5. The molecule has 1 saturated heterocycles. The highest BCUT2D eigenvalue weighted by molar-refractivity contribution is 6.31. The van der Waals surface area contributed by atoms with Crippen molar-refractivity contribution >= 4 is 17.3 Å². The van der Waals surface area contributed by atoms with Crippen molar-refractivity contribution in [2.75, 3.05) is 13.1 Å². The van der Waals surface area contributed by atoms with Crippen LogP contribution in [0, 0.1) is 16.0 Å². The standard InChI is InChI=1S/C13H17ClN2O3/c1-9-4-5-15(8-13(9)17)7-10-6-11(16(18)19)2-3-12(10)14/h2-3,6,9,13,17H,4-5,7-8H2,1H3. The molecule has 1 aromatic carbocycles. The third-order valence-electron chi connectivity index (χ3n) is 3.64. The van der Waals surface area contributed by atoms with Crippen molar-refractivity contribution in [3.8, 4) is 0 Å². The van der Waals surface area contributed by atoms with Gasteiger partial charge in [-0.15, -0.1) is 0 Å². The molecule has 1 heterocycles. The van der Waals surface area contributed by atoms with Crippen LogP contribution in [0.15, 0.2) is 18.2 Å². The number of nitro groups is 1. The molecular weight excluding hydrogens is 268 g/mol. The molecule has 2 atom stereocenters. The number of non-ortho nitro benzene ring substituents is 1. The molecule has 6 heteroatoms. The van der Waals surface area contributed by atoms with E-state index in [2.05, 4.69) is 4.90 Å². The quantitative estimate of drug-likeness (QED) is 0.684. The van der Waals surface area contributed by atoms with Gasteiger partial charge in [0, 0.05) is 30.2 Å². The van der Waals surface area contributed by atoms with Crippen molar-refractivity contribution in [3.05, 3.63) is 38.9 Å². The van der Waals surface area contributed by atoms with E-state index < -0.39 is 4.92 Å². The molecule has 0 aromatic heterocycles. The second kappa shape index (κ2) is 5.86. The zero-order valence-electron chi connectivity index (χ0n) is 10.8. The molecule has 1 fully saturated rings. The summed E-state index contributed by atoms with van der Waals surface area (Å²) < 4.78 is 0. The van der Waals surface area contributed by atoms with Gasteiger partial charge in [0.15, 0.2) is 0 Å². The topological polar surface area (TPSA) is 66.6 Å². The number of aliphatic hydroxyl groups is 1. The molecule has 0 amide bonds. The molecule has 1 N–H and O–H groups in total. The number of piperidine rings is 1. The maximum absolute atomic E-state index is 10.8.